The van der Waals surface area contributed by atoms with E-state index in [1.165, 1.54) is 27.2 Å². The lowest BCUT2D eigenvalue weighted by Crippen LogP contribution is -2.51. The van der Waals surface area contributed by atoms with Crippen molar-refractivity contribution in [3.8, 4) is 11.5 Å². The molecule has 1 amide bonds. The molecule has 0 spiro atoms. The fourth-order valence-electron chi connectivity index (χ4n) is 6.25. The lowest BCUT2D eigenvalue weighted by molar-refractivity contribution is -0.173. The molecule has 11 nitrogen and oxygen atoms in total. The van der Waals surface area contributed by atoms with Gasteiger partial charge >= 0.3 is 17.8 Å². The van der Waals surface area contributed by atoms with Gasteiger partial charge in [-0.05, 0) is 54.0 Å². The molecule has 1 aromatic heterocycles. The van der Waals surface area contributed by atoms with Crippen molar-refractivity contribution >= 4 is 12.0 Å². The van der Waals surface area contributed by atoms with E-state index in [2.05, 4.69) is 4.98 Å². The highest BCUT2D eigenvalue weighted by atomic mass is 19.4. The van der Waals surface area contributed by atoms with Crippen LogP contribution in [-0.2, 0) is 14.9 Å². The largest absolute Gasteiger partial charge is 0.497 e. The summed E-state index contributed by atoms with van der Waals surface area (Å²) in [6.07, 6.45) is -8.07. The average Bonchev–Trinajstić information content (AvgIpc) is 3.50. The number of carbonyl (C=O) groups excluding carboxylic acids is 1. The highest BCUT2D eigenvalue weighted by molar-refractivity contribution is 5.82. The minimum atomic E-state index is -5.08. The number of rotatable bonds is 11. The lowest BCUT2D eigenvalue weighted by Gasteiger charge is -2.43. The predicted molar refractivity (Wildman–Crippen MR) is 177 cm³/mol. The lowest BCUT2D eigenvalue weighted by atomic mass is 9.64. The number of carbonyl (C=O) groups is 1. The van der Waals surface area contributed by atoms with Crippen LogP contribution in [0.5, 0.6) is 11.5 Å². The number of aromatic amines is 1. The van der Waals surface area contributed by atoms with Crippen molar-refractivity contribution in [2.45, 2.75) is 49.5 Å². The molecule has 14 heteroatoms. The number of aromatic nitrogens is 2. The second kappa shape index (κ2) is 14.7. The van der Waals surface area contributed by atoms with Gasteiger partial charge in [0, 0.05) is 19.2 Å². The van der Waals surface area contributed by atoms with Gasteiger partial charge < -0.3 is 29.7 Å². The third kappa shape index (κ3) is 7.22. The van der Waals surface area contributed by atoms with Gasteiger partial charge in [-0.25, -0.2) is 4.79 Å². The number of hydrogen-bond acceptors (Lipinski definition) is 8. The number of methoxy groups -OCH3 is 2. The highest BCUT2D eigenvalue weighted by Crippen LogP contribution is 2.47. The zero-order valence-electron chi connectivity index (χ0n) is 27.3. The minimum absolute atomic E-state index is 0.111. The third-order valence-corrected chi connectivity index (χ3v) is 8.70. The molecular weight excluding hydrogens is 659 g/mol. The van der Waals surface area contributed by atoms with Crippen LogP contribution in [0.1, 0.15) is 41.8 Å². The smallest absolute Gasteiger partial charge is 0.471 e. The van der Waals surface area contributed by atoms with Crippen LogP contribution in [0.4, 0.5) is 13.2 Å². The molecule has 1 aliphatic rings. The summed E-state index contributed by atoms with van der Waals surface area (Å²) in [7, 11) is 3.07. The SMILES string of the molecule is COc1ccc(C(c2ccccc2)(c2ccc(OC)cc2)C(O)[C@H]2O[C@@H](n3cc(C=C(C)CNC(=O)C(F)(F)F)c(=O)[nH]c3=O)C[C@@H]2O)cc1. The number of halogens is 3. The first kappa shape index (κ1) is 36.1. The van der Waals surface area contributed by atoms with Crippen molar-refractivity contribution in [3.05, 3.63) is 134 Å². The molecule has 264 valence electrons. The van der Waals surface area contributed by atoms with Crippen molar-refractivity contribution < 1.29 is 42.4 Å². The molecule has 2 heterocycles. The molecule has 4 aromatic rings. The maximum atomic E-state index is 13.0. The second-order valence-corrected chi connectivity index (χ2v) is 11.9. The first-order valence-corrected chi connectivity index (χ1v) is 15.5. The van der Waals surface area contributed by atoms with Crippen LogP contribution in [-0.4, -0.2) is 70.9 Å². The summed E-state index contributed by atoms with van der Waals surface area (Å²) in [6, 6.07) is 23.4. The molecule has 1 unspecified atom stereocenters. The molecule has 3 aromatic carbocycles. The normalized spacial score (nSPS) is 18.8. The Bertz CT molecular complexity index is 1890. The number of aliphatic hydroxyl groups is 2. The summed E-state index contributed by atoms with van der Waals surface area (Å²) in [4.78, 5) is 39.0. The summed E-state index contributed by atoms with van der Waals surface area (Å²) >= 11 is 0. The van der Waals surface area contributed by atoms with Crippen LogP contribution in [0.15, 0.2) is 100 Å². The van der Waals surface area contributed by atoms with Crippen LogP contribution in [0.2, 0.25) is 0 Å². The Morgan fingerprint density at radius 1 is 0.980 bits per heavy atom. The Morgan fingerprint density at radius 3 is 2.04 bits per heavy atom. The average molecular weight is 696 g/mol. The standard InChI is InChI=1S/C36H36F3N3O8/c1-21(19-40-33(46)36(37,38)39)17-22-20-42(34(47)41-32(22)45)29-18-28(43)30(50-29)31(44)35(23-7-5-4-6-8-23,24-9-13-26(48-2)14-10-24)25-11-15-27(49-3)16-12-25/h4-17,20,28-31,43-44H,18-19H2,1-3H3,(H,40,46)(H,41,45,47)/t28-,29+,30-,31?/m0/s1. The first-order chi connectivity index (χ1) is 23.8. The summed E-state index contributed by atoms with van der Waals surface area (Å²) in [5.41, 5.74) is -1.02. The Balaban J connectivity index is 1.55. The van der Waals surface area contributed by atoms with Crippen LogP contribution in [0, 0.1) is 0 Å². The van der Waals surface area contributed by atoms with Crippen molar-refractivity contribution in [1.29, 1.82) is 0 Å². The Labute approximate surface area is 284 Å². The second-order valence-electron chi connectivity index (χ2n) is 11.9. The quantitative estimate of drug-likeness (QED) is 0.174. The zero-order valence-corrected chi connectivity index (χ0v) is 27.3. The third-order valence-electron chi connectivity index (χ3n) is 8.70. The van der Waals surface area contributed by atoms with E-state index in [1.807, 2.05) is 54.6 Å². The number of alkyl halides is 3. The monoisotopic (exact) mass is 695 g/mol. The molecule has 1 fully saturated rings. The molecule has 4 N–H and O–H groups in total. The summed E-state index contributed by atoms with van der Waals surface area (Å²) < 4.78 is 55.9. The van der Waals surface area contributed by atoms with Crippen molar-refractivity contribution in [1.82, 2.24) is 14.9 Å². The van der Waals surface area contributed by atoms with Gasteiger partial charge in [0.2, 0.25) is 0 Å². The fraction of sp³-hybridized carbons (Fsp3) is 0.306. The molecule has 0 radical (unpaired) electrons. The van der Waals surface area contributed by atoms with E-state index in [9.17, 15) is 37.8 Å². The fourth-order valence-corrected chi connectivity index (χ4v) is 6.25. The van der Waals surface area contributed by atoms with Crippen molar-refractivity contribution in [2.75, 3.05) is 20.8 Å². The van der Waals surface area contributed by atoms with Gasteiger partial charge in [0.05, 0.1) is 31.3 Å². The summed E-state index contributed by atoms with van der Waals surface area (Å²) in [6.45, 7) is 0.886. The number of benzene rings is 3. The Morgan fingerprint density at radius 2 is 1.52 bits per heavy atom. The molecule has 4 atom stereocenters. The van der Waals surface area contributed by atoms with Crippen molar-refractivity contribution in [2.24, 2.45) is 0 Å². The summed E-state index contributed by atoms with van der Waals surface area (Å²) in [5, 5.41) is 25.7. The molecule has 0 saturated carbocycles. The van der Waals surface area contributed by atoms with E-state index in [-0.39, 0.29) is 17.6 Å². The van der Waals surface area contributed by atoms with Gasteiger partial charge in [-0.3, -0.25) is 19.1 Å². The van der Waals surface area contributed by atoms with Gasteiger partial charge in [-0.15, -0.1) is 0 Å². The highest BCUT2D eigenvalue weighted by Gasteiger charge is 2.52. The first-order valence-electron chi connectivity index (χ1n) is 15.5. The summed E-state index contributed by atoms with van der Waals surface area (Å²) in [5.74, 6) is -0.979. The molecule has 0 aliphatic carbocycles. The Kier molecular flexibility index (Phi) is 10.6. The van der Waals surface area contributed by atoms with E-state index in [1.54, 1.807) is 29.6 Å². The van der Waals surface area contributed by atoms with Crippen LogP contribution in [0.25, 0.3) is 6.08 Å². The maximum Gasteiger partial charge on any atom is 0.471 e. The van der Waals surface area contributed by atoms with Gasteiger partial charge in [-0.1, -0.05) is 60.2 Å². The molecular formula is C36H36F3N3O8. The number of aliphatic hydroxyl groups excluding tert-OH is 2. The molecule has 1 aliphatic heterocycles. The van der Waals surface area contributed by atoms with Gasteiger partial charge in [0.1, 0.15) is 29.9 Å². The number of nitrogens with zero attached hydrogens (tertiary/aromatic N) is 1. The topological polar surface area (TPSA) is 152 Å². The minimum Gasteiger partial charge on any atom is -0.497 e. The van der Waals surface area contributed by atoms with E-state index >= 15 is 0 Å². The molecule has 1 saturated heterocycles. The number of amides is 1. The van der Waals surface area contributed by atoms with Gasteiger partial charge in [0.25, 0.3) is 5.56 Å². The van der Waals surface area contributed by atoms with E-state index in [4.69, 9.17) is 14.2 Å². The van der Waals surface area contributed by atoms with Crippen LogP contribution < -0.4 is 26.0 Å². The van der Waals surface area contributed by atoms with Crippen LogP contribution >= 0.6 is 0 Å². The molecule has 50 heavy (non-hydrogen) atoms. The van der Waals surface area contributed by atoms with E-state index < -0.39 is 59.8 Å². The maximum absolute atomic E-state index is 13.0. The van der Waals surface area contributed by atoms with Gasteiger partial charge in [-0.2, -0.15) is 13.2 Å². The predicted octanol–water partition coefficient (Wildman–Crippen LogP) is 3.68. The van der Waals surface area contributed by atoms with Gasteiger partial charge in [0.15, 0.2) is 0 Å². The van der Waals surface area contributed by atoms with E-state index in [0.29, 0.717) is 28.2 Å². The zero-order chi connectivity index (χ0) is 36.2. The number of ether oxygens (including phenoxy) is 3. The van der Waals surface area contributed by atoms with E-state index in [0.717, 1.165) is 10.8 Å². The number of H-pyrrole nitrogens is 1. The number of nitrogens with one attached hydrogen (secondary N) is 2. The van der Waals surface area contributed by atoms with Crippen LogP contribution in [0.3, 0.4) is 0 Å². The number of hydrogen-bond donors (Lipinski definition) is 4. The Hall–Kier alpha value is -5.18. The molecule has 5 rings (SSSR count). The molecule has 0 bridgehead atoms. The van der Waals surface area contributed by atoms with Crippen molar-refractivity contribution in [3.63, 3.8) is 0 Å².